The van der Waals surface area contributed by atoms with Crippen LogP contribution in [0, 0.1) is 4.91 Å². The van der Waals surface area contributed by atoms with E-state index in [9.17, 15) is 24.1 Å². The molecule has 0 saturated carbocycles. The largest absolute Gasteiger partial charge is 0.295 e. The van der Waals surface area contributed by atoms with Crippen LogP contribution < -0.4 is 0 Å². The number of rotatable bonds is 7. The van der Waals surface area contributed by atoms with Gasteiger partial charge in [0.1, 0.15) is 13.1 Å². The number of nitroso groups, excluding NO2 is 1. The zero-order valence-electron chi connectivity index (χ0n) is 6.50. The maximum absolute atomic E-state index is 10.4. The molecule has 0 amide bonds. The van der Waals surface area contributed by atoms with Gasteiger partial charge in [0.2, 0.25) is 11.6 Å². The predicted octanol–water partition coefficient (Wildman–Crippen LogP) is -1.49. The summed E-state index contributed by atoms with van der Waals surface area (Å²) in [5, 5.41) is 2.78. The van der Waals surface area contributed by atoms with Crippen LogP contribution in [0.3, 0.4) is 0 Å². The number of hydrogen-bond donors (Lipinski definition) is 0. The average molecular weight is 186 g/mol. The molecular formula is C6H6N2O5. The highest BCUT2D eigenvalue weighted by molar-refractivity contribution is 6.27. The third-order valence-electron chi connectivity index (χ3n) is 1.06. The second-order valence-electron chi connectivity index (χ2n) is 2.07. The summed E-state index contributed by atoms with van der Waals surface area (Å²) in [6.07, 6.45) is 0.00708. The number of carbonyl (C=O) groups excluding carboxylic acids is 4. The molecular weight excluding hydrogens is 180 g/mol. The van der Waals surface area contributed by atoms with E-state index in [2.05, 4.69) is 5.29 Å². The Labute approximate surface area is 72.6 Å². The fourth-order valence-corrected chi connectivity index (χ4v) is 0.548. The van der Waals surface area contributed by atoms with Crippen molar-refractivity contribution in [2.24, 2.45) is 5.29 Å². The van der Waals surface area contributed by atoms with Crippen molar-refractivity contribution in [3.8, 4) is 0 Å². The molecule has 0 rings (SSSR count). The summed E-state index contributed by atoms with van der Waals surface area (Å²) in [7, 11) is 0. The maximum atomic E-state index is 10.4. The van der Waals surface area contributed by atoms with Crippen LogP contribution in [0.2, 0.25) is 0 Å². The molecule has 0 N–H and O–H groups in total. The molecule has 0 bridgehead atoms. The van der Waals surface area contributed by atoms with Gasteiger partial charge in [-0.1, -0.05) is 0 Å². The van der Waals surface area contributed by atoms with E-state index in [0.29, 0.717) is 5.01 Å². The summed E-state index contributed by atoms with van der Waals surface area (Å²) in [6, 6.07) is 0. The molecule has 0 atom stereocenters. The Morgan fingerprint density at radius 3 is 1.69 bits per heavy atom. The summed E-state index contributed by atoms with van der Waals surface area (Å²) in [5.41, 5.74) is 0. The van der Waals surface area contributed by atoms with Gasteiger partial charge >= 0.3 is 0 Å². The molecule has 7 nitrogen and oxygen atoms in total. The SMILES string of the molecule is O=CC(=O)CN(CC(=O)C=O)N=O. The lowest BCUT2D eigenvalue weighted by Gasteiger charge is -2.08. The van der Waals surface area contributed by atoms with Crippen LogP contribution in [0.25, 0.3) is 0 Å². The van der Waals surface area contributed by atoms with Gasteiger partial charge in [0.05, 0.1) is 5.29 Å². The summed E-state index contributed by atoms with van der Waals surface area (Å²) in [6.45, 7) is -1.18. The standard InChI is InChI=1S/C6H6N2O5/c9-3-5(11)1-8(7-13)2-6(12)4-10/h3-4H,1-2H2. The Morgan fingerprint density at radius 2 is 1.46 bits per heavy atom. The fourth-order valence-electron chi connectivity index (χ4n) is 0.548. The smallest absolute Gasteiger partial charge is 0.216 e. The van der Waals surface area contributed by atoms with E-state index in [1.165, 1.54) is 0 Å². The van der Waals surface area contributed by atoms with E-state index in [0.717, 1.165) is 0 Å². The van der Waals surface area contributed by atoms with Crippen LogP contribution in [0.1, 0.15) is 0 Å². The van der Waals surface area contributed by atoms with E-state index < -0.39 is 24.7 Å². The van der Waals surface area contributed by atoms with Crippen molar-refractivity contribution >= 4 is 24.1 Å². The maximum Gasteiger partial charge on any atom is 0.216 e. The van der Waals surface area contributed by atoms with Crippen LogP contribution in [0.15, 0.2) is 5.29 Å². The molecule has 7 heteroatoms. The molecule has 13 heavy (non-hydrogen) atoms. The first kappa shape index (κ1) is 11.1. The fraction of sp³-hybridized carbons (Fsp3) is 0.333. The van der Waals surface area contributed by atoms with Gasteiger partial charge in [0, 0.05) is 0 Å². The zero-order chi connectivity index (χ0) is 10.3. The van der Waals surface area contributed by atoms with E-state index in [4.69, 9.17) is 0 Å². The van der Waals surface area contributed by atoms with Gasteiger partial charge in [-0.15, -0.1) is 4.91 Å². The lowest BCUT2D eigenvalue weighted by molar-refractivity contribution is -0.133. The minimum absolute atomic E-state index is 0.00354. The number of carbonyl (C=O) groups is 4. The van der Waals surface area contributed by atoms with E-state index in [-0.39, 0.29) is 12.6 Å². The number of ketones is 2. The molecule has 0 aromatic carbocycles. The molecule has 0 unspecified atom stereocenters. The van der Waals surface area contributed by atoms with Crippen LogP contribution in [-0.4, -0.2) is 42.2 Å². The quantitative estimate of drug-likeness (QED) is 0.207. The Hall–Kier alpha value is -1.92. The Bertz CT molecular complexity index is 227. The predicted molar refractivity (Wildman–Crippen MR) is 39.5 cm³/mol. The molecule has 0 aliphatic carbocycles. The Kier molecular flexibility index (Phi) is 4.85. The zero-order valence-corrected chi connectivity index (χ0v) is 6.50. The van der Waals surface area contributed by atoms with Crippen molar-refractivity contribution < 1.29 is 19.2 Å². The van der Waals surface area contributed by atoms with Crippen molar-refractivity contribution in [3.05, 3.63) is 4.91 Å². The molecule has 0 aromatic heterocycles. The van der Waals surface area contributed by atoms with Crippen LogP contribution in [0.4, 0.5) is 0 Å². The van der Waals surface area contributed by atoms with Gasteiger partial charge in [0.15, 0.2) is 12.6 Å². The van der Waals surface area contributed by atoms with Crippen LogP contribution in [0.5, 0.6) is 0 Å². The van der Waals surface area contributed by atoms with Gasteiger partial charge in [0.25, 0.3) is 0 Å². The number of nitrogens with zero attached hydrogens (tertiary/aromatic N) is 2. The second-order valence-corrected chi connectivity index (χ2v) is 2.07. The monoisotopic (exact) mass is 186 g/mol. The van der Waals surface area contributed by atoms with Crippen molar-refractivity contribution in [3.63, 3.8) is 0 Å². The van der Waals surface area contributed by atoms with Gasteiger partial charge in [-0.25, -0.2) is 5.01 Å². The highest BCUT2D eigenvalue weighted by atomic mass is 16.3. The third kappa shape index (κ3) is 4.51. The summed E-state index contributed by atoms with van der Waals surface area (Å²) < 4.78 is 0. The first-order valence-corrected chi connectivity index (χ1v) is 3.18. The Balaban J connectivity index is 4.10. The summed E-state index contributed by atoms with van der Waals surface area (Å²) >= 11 is 0. The minimum atomic E-state index is -0.890. The molecule has 0 aliphatic heterocycles. The molecule has 0 fully saturated rings. The highest BCUT2D eigenvalue weighted by Gasteiger charge is 2.12. The van der Waals surface area contributed by atoms with Crippen molar-refractivity contribution in [2.75, 3.05) is 13.1 Å². The van der Waals surface area contributed by atoms with Gasteiger partial charge in [-0.2, -0.15) is 0 Å². The molecule has 70 valence electrons. The molecule has 0 aromatic rings. The van der Waals surface area contributed by atoms with Gasteiger partial charge in [-0.05, 0) is 0 Å². The number of Topliss-reactive ketones (excluding diaryl/α,β-unsaturated/α-hetero) is 2. The Morgan fingerprint density at radius 1 is 1.08 bits per heavy atom. The molecule has 0 radical (unpaired) electrons. The lowest BCUT2D eigenvalue weighted by Crippen LogP contribution is -2.30. The molecule has 0 spiro atoms. The van der Waals surface area contributed by atoms with Crippen LogP contribution in [-0.2, 0) is 19.2 Å². The highest BCUT2D eigenvalue weighted by Crippen LogP contribution is 1.88. The number of aldehydes is 2. The topological polar surface area (TPSA) is 101 Å². The normalized spacial score (nSPS) is 8.62. The van der Waals surface area contributed by atoms with E-state index in [1.54, 1.807) is 0 Å². The summed E-state index contributed by atoms with van der Waals surface area (Å²) in [4.78, 5) is 50.5. The molecule has 0 aliphatic rings. The number of hydrogen-bond acceptors (Lipinski definition) is 6. The third-order valence-corrected chi connectivity index (χ3v) is 1.06. The first-order chi connectivity index (χ1) is 6.13. The average Bonchev–Trinajstić information content (AvgIpc) is 2.16. The van der Waals surface area contributed by atoms with Gasteiger partial charge in [-0.3, -0.25) is 19.2 Å². The molecule has 0 saturated heterocycles. The second kappa shape index (κ2) is 5.70. The van der Waals surface area contributed by atoms with Crippen molar-refractivity contribution in [1.82, 2.24) is 5.01 Å². The van der Waals surface area contributed by atoms with Gasteiger partial charge < -0.3 is 0 Å². The first-order valence-electron chi connectivity index (χ1n) is 3.18. The van der Waals surface area contributed by atoms with E-state index in [1.807, 2.05) is 0 Å². The van der Waals surface area contributed by atoms with Crippen molar-refractivity contribution in [1.29, 1.82) is 0 Å². The van der Waals surface area contributed by atoms with E-state index >= 15 is 0 Å². The minimum Gasteiger partial charge on any atom is -0.295 e. The lowest BCUT2D eigenvalue weighted by atomic mass is 10.4. The summed E-state index contributed by atoms with van der Waals surface area (Å²) in [5.74, 6) is -1.78. The van der Waals surface area contributed by atoms with Crippen LogP contribution >= 0.6 is 0 Å². The molecule has 0 heterocycles. The van der Waals surface area contributed by atoms with Crippen molar-refractivity contribution in [2.45, 2.75) is 0 Å².